The van der Waals surface area contributed by atoms with Crippen molar-refractivity contribution in [2.45, 2.75) is 123 Å². The van der Waals surface area contributed by atoms with Crippen molar-refractivity contribution in [3.8, 4) is 0 Å². The minimum atomic E-state index is -0.317. The average molecular weight is 526 g/mol. The third-order valence-electron chi connectivity index (χ3n) is 13.2. The number of carbonyl (C=O) groups is 1. The van der Waals surface area contributed by atoms with E-state index in [-0.39, 0.29) is 23.4 Å². The van der Waals surface area contributed by atoms with Gasteiger partial charge in [-0.25, -0.2) is 4.79 Å². The molecule has 0 unspecified atom stereocenters. The Bertz CT molecular complexity index is 964. The van der Waals surface area contributed by atoms with Crippen molar-refractivity contribution >= 4 is 6.09 Å². The van der Waals surface area contributed by atoms with Crippen LogP contribution in [0.25, 0.3) is 0 Å². The first kappa shape index (κ1) is 25.9. The minimum Gasteiger partial charge on any atom is -0.446 e. The summed E-state index contributed by atoms with van der Waals surface area (Å²) in [6.07, 6.45) is 17.0. The number of allylic oxidation sites excluding steroid dienone is 1. The first-order valence-electron chi connectivity index (χ1n) is 16.2. The second kappa shape index (κ2) is 9.23. The summed E-state index contributed by atoms with van der Waals surface area (Å²) in [5, 5.41) is 0. The van der Waals surface area contributed by atoms with Crippen LogP contribution in [0.5, 0.6) is 0 Å². The molecule has 0 aromatic carbocycles. The summed E-state index contributed by atoms with van der Waals surface area (Å²) in [5.41, 5.74) is 2.23. The van der Waals surface area contributed by atoms with Gasteiger partial charge in [0.15, 0.2) is 5.79 Å². The van der Waals surface area contributed by atoms with Gasteiger partial charge in [0, 0.05) is 31.8 Å². The van der Waals surface area contributed by atoms with Crippen LogP contribution in [0.4, 0.5) is 4.79 Å². The predicted octanol–water partition coefficient (Wildman–Crippen LogP) is 7.34. The minimum absolute atomic E-state index is 0.0589. The Morgan fingerprint density at radius 3 is 2.61 bits per heavy atom. The molecule has 0 N–H and O–H groups in total. The largest absolute Gasteiger partial charge is 0.446 e. The normalized spacial score (nSPS) is 52.0. The Morgan fingerprint density at radius 2 is 1.84 bits per heavy atom. The molecular formula is C33H51NO4. The Hall–Kier alpha value is -1.07. The molecule has 1 spiro atoms. The van der Waals surface area contributed by atoms with Crippen molar-refractivity contribution in [2.24, 2.45) is 46.3 Å². The van der Waals surface area contributed by atoms with Gasteiger partial charge < -0.3 is 19.1 Å². The molecule has 4 aliphatic carbocycles. The summed E-state index contributed by atoms with van der Waals surface area (Å²) in [6, 6.07) is 0. The first-order valence-corrected chi connectivity index (χ1v) is 16.2. The van der Waals surface area contributed by atoms with Gasteiger partial charge in [-0.05, 0) is 105 Å². The van der Waals surface area contributed by atoms with Crippen LogP contribution in [0.15, 0.2) is 11.6 Å². The highest BCUT2D eigenvalue weighted by Crippen LogP contribution is 2.70. The maximum absolute atomic E-state index is 12.8. The molecule has 11 atom stereocenters. The van der Waals surface area contributed by atoms with Crippen LogP contribution < -0.4 is 0 Å². The van der Waals surface area contributed by atoms with Crippen LogP contribution in [0.3, 0.4) is 0 Å². The lowest BCUT2D eigenvalue weighted by Crippen LogP contribution is -2.52. The molecule has 6 fully saturated rings. The fourth-order valence-electron chi connectivity index (χ4n) is 11.0. The summed E-state index contributed by atoms with van der Waals surface area (Å²) in [6.45, 7) is 12.5. The molecule has 1 amide bonds. The molecule has 3 heterocycles. The lowest BCUT2D eigenvalue weighted by atomic mass is 9.47. The zero-order chi connectivity index (χ0) is 26.3. The first-order chi connectivity index (χ1) is 18.2. The van der Waals surface area contributed by atoms with Crippen LogP contribution in [-0.4, -0.2) is 48.7 Å². The third kappa shape index (κ3) is 3.80. The fraction of sp³-hybridized carbons (Fsp3) is 0.909. The molecule has 5 heteroatoms. The van der Waals surface area contributed by atoms with Gasteiger partial charge in [0.25, 0.3) is 0 Å². The summed E-state index contributed by atoms with van der Waals surface area (Å²) >= 11 is 0. The van der Waals surface area contributed by atoms with Crippen LogP contribution in [0.1, 0.15) is 105 Å². The van der Waals surface area contributed by atoms with Gasteiger partial charge in [0.1, 0.15) is 6.10 Å². The number of ether oxygens (including phenoxy) is 3. The van der Waals surface area contributed by atoms with Crippen molar-refractivity contribution in [2.75, 3.05) is 19.7 Å². The number of nitrogens with zero attached hydrogens (tertiary/aromatic N) is 1. The van der Waals surface area contributed by atoms with E-state index in [1.165, 1.54) is 38.5 Å². The number of hydrogen-bond donors (Lipinski definition) is 0. The van der Waals surface area contributed by atoms with Gasteiger partial charge in [-0.15, -0.1) is 0 Å². The highest BCUT2D eigenvalue weighted by atomic mass is 16.7. The quantitative estimate of drug-likeness (QED) is 0.336. The second-order valence-corrected chi connectivity index (χ2v) is 15.1. The monoisotopic (exact) mass is 525 g/mol. The van der Waals surface area contributed by atoms with E-state index in [1.54, 1.807) is 5.57 Å². The van der Waals surface area contributed by atoms with Crippen LogP contribution >= 0.6 is 0 Å². The van der Waals surface area contributed by atoms with Crippen molar-refractivity contribution in [1.29, 1.82) is 0 Å². The SMILES string of the molecule is C[C@@H]1CC[C@@]2(OC1)O[C@H]1C[C@H]3[C@@H]4CC=C5C[C@@H](OC(=O)N6CCCCC6)CC[C@]5(C)[C@H]4CC[C@]3(C)[C@H]1[C@@H]2C. The number of rotatable bonds is 1. The summed E-state index contributed by atoms with van der Waals surface area (Å²) in [5.74, 6) is 3.73. The summed E-state index contributed by atoms with van der Waals surface area (Å²) in [4.78, 5) is 14.7. The number of piperidine rings is 1. The Kier molecular flexibility index (Phi) is 6.28. The Morgan fingerprint density at radius 1 is 1.03 bits per heavy atom. The zero-order valence-electron chi connectivity index (χ0n) is 24.4. The molecular weight excluding hydrogens is 474 g/mol. The lowest BCUT2D eigenvalue weighted by molar-refractivity contribution is -0.272. The molecule has 0 aromatic heterocycles. The van der Waals surface area contributed by atoms with Crippen LogP contribution in [0.2, 0.25) is 0 Å². The molecule has 0 aromatic rings. The van der Waals surface area contributed by atoms with Gasteiger partial charge in [-0.1, -0.05) is 39.3 Å². The van der Waals surface area contributed by atoms with E-state index in [1.807, 2.05) is 4.90 Å². The van der Waals surface area contributed by atoms with Crippen molar-refractivity contribution in [3.05, 3.63) is 11.6 Å². The van der Waals surface area contributed by atoms with Crippen molar-refractivity contribution in [3.63, 3.8) is 0 Å². The maximum atomic E-state index is 12.8. The maximum Gasteiger partial charge on any atom is 0.410 e. The standard InChI is InChI=1S/C33H51NO4/c1-21-10-15-33(36-20-21)22(2)29-28(38-33)19-27-25-9-8-23-18-24(37-30(35)34-16-6-5-7-17-34)11-13-31(23,3)26(25)12-14-32(27,29)4/h8,21-22,24-29H,5-7,9-20H2,1-4H3/t21-,22+,24+,25-,26+,27+,28+,29+,31+,32+,33-/m1/s1. The van der Waals surface area contributed by atoms with Gasteiger partial charge in [-0.2, -0.15) is 0 Å². The molecule has 0 radical (unpaired) electrons. The Labute approximate surface area is 230 Å². The van der Waals surface area contributed by atoms with Crippen LogP contribution in [0, 0.1) is 46.3 Å². The molecule has 7 aliphatic rings. The van der Waals surface area contributed by atoms with Gasteiger partial charge in [0.05, 0.1) is 12.7 Å². The number of likely N-dealkylation sites (tertiary alicyclic amines) is 1. The Balaban J connectivity index is 1.06. The lowest BCUT2D eigenvalue weighted by Gasteiger charge is -2.58. The molecule has 5 nitrogen and oxygen atoms in total. The van der Waals surface area contributed by atoms with E-state index in [0.717, 1.165) is 76.0 Å². The number of fused-ring (bicyclic) bond motifs is 7. The molecule has 38 heavy (non-hydrogen) atoms. The molecule has 3 saturated carbocycles. The van der Waals surface area contributed by atoms with E-state index in [2.05, 4.69) is 33.8 Å². The number of hydrogen-bond acceptors (Lipinski definition) is 4. The molecule has 0 bridgehead atoms. The fourth-order valence-corrected chi connectivity index (χ4v) is 11.0. The van der Waals surface area contributed by atoms with Gasteiger partial charge in [-0.3, -0.25) is 0 Å². The molecule has 3 saturated heterocycles. The molecule has 3 aliphatic heterocycles. The zero-order valence-corrected chi connectivity index (χ0v) is 24.4. The van der Waals surface area contributed by atoms with E-state index in [0.29, 0.717) is 29.3 Å². The van der Waals surface area contributed by atoms with E-state index in [4.69, 9.17) is 14.2 Å². The van der Waals surface area contributed by atoms with Crippen LogP contribution in [-0.2, 0) is 14.2 Å². The summed E-state index contributed by atoms with van der Waals surface area (Å²) < 4.78 is 19.6. The topological polar surface area (TPSA) is 48.0 Å². The molecule has 212 valence electrons. The average Bonchev–Trinajstić information content (AvgIpc) is 3.36. The second-order valence-electron chi connectivity index (χ2n) is 15.1. The van der Waals surface area contributed by atoms with E-state index in [9.17, 15) is 4.79 Å². The van der Waals surface area contributed by atoms with Crippen molar-refractivity contribution in [1.82, 2.24) is 4.90 Å². The predicted molar refractivity (Wildman–Crippen MR) is 147 cm³/mol. The third-order valence-corrected chi connectivity index (χ3v) is 13.2. The van der Waals surface area contributed by atoms with Gasteiger partial charge in [0.2, 0.25) is 0 Å². The highest BCUT2D eigenvalue weighted by Gasteiger charge is 2.68. The highest BCUT2D eigenvalue weighted by molar-refractivity contribution is 5.68. The number of amides is 1. The smallest absolute Gasteiger partial charge is 0.410 e. The van der Waals surface area contributed by atoms with E-state index < -0.39 is 0 Å². The number of carbonyl (C=O) groups excluding carboxylic acids is 1. The summed E-state index contributed by atoms with van der Waals surface area (Å²) in [7, 11) is 0. The molecule has 7 rings (SSSR count). The van der Waals surface area contributed by atoms with Gasteiger partial charge >= 0.3 is 6.09 Å². The van der Waals surface area contributed by atoms with Crippen molar-refractivity contribution < 1.29 is 19.0 Å². The van der Waals surface area contributed by atoms with E-state index >= 15 is 0 Å².